The van der Waals surface area contributed by atoms with Gasteiger partial charge in [-0.25, -0.2) is 0 Å². The molecule has 0 spiro atoms. The maximum atomic E-state index is 5.17. The van der Waals surface area contributed by atoms with Crippen LogP contribution in [0.3, 0.4) is 0 Å². The highest BCUT2D eigenvalue weighted by atomic mass is 32.2. The molecule has 0 saturated carbocycles. The van der Waals surface area contributed by atoms with Crippen LogP contribution in [0.5, 0.6) is 0 Å². The van der Waals surface area contributed by atoms with Crippen molar-refractivity contribution < 1.29 is 4.52 Å². The Morgan fingerprint density at radius 1 is 1.41 bits per heavy atom. The lowest BCUT2D eigenvalue weighted by atomic mass is 10.3. The quantitative estimate of drug-likeness (QED) is 0.685. The van der Waals surface area contributed by atoms with Crippen molar-refractivity contribution in [2.24, 2.45) is 0 Å². The number of thiophene rings is 1. The fraction of sp³-hybridized carbons (Fsp3) is 0.111. The number of rotatable bonds is 4. The highest BCUT2D eigenvalue weighted by molar-refractivity contribution is 8.00. The molecule has 86 valence electrons. The molecular weight excluding hydrogens is 276 g/mol. The first-order valence-electron chi connectivity index (χ1n) is 4.66. The molecule has 5 nitrogen and oxygen atoms in total. The Morgan fingerprint density at radius 2 is 2.41 bits per heavy atom. The van der Waals surface area contributed by atoms with Crippen molar-refractivity contribution in [1.29, 1.82) is 0 Å². The van der Waals surface area contributed by atoms with Crippen LogP contribution >= 0.6 is 34.4 Å². The van der Waals surface area contributed by atoms with Crippen molar-refractivity contribution >= 4 is 34.4 Å². The van der Waals surface area contributed by atoms with Gasteiger partial charge in [0.05, 0.1) is 5.75 Å². The highest BCUT2D eigenvalue weighted by Crippen LogP contribution is 2.24. The van der Waals surface area contributed by atoms with Crippen molar-refractivity contribution in [2.75, 3.05) is 0 Å². The minimum absolute atomic E-state index is 0.603. The van der Waals surface area contributed by atoms with Crippen LogP contribution in [0, 0.1) is 0 Å². The Hall–Kier alpha value is -1.25. The van der Waals surface area contributed by atoms with Gasteiger partial charge < -0.3 is 4.52 Å². The van der Waals surface area contributed by atoms with E-state index < -0.39 is 0 Å². The first kappa shape index (κ1) is 10.9. The minimum Gasteiger partial charge on any atom is -0.338 e. The summed E-state index contributed by atoms with van der Waals surface area (Å²) in [5.74, 6) is 1.86. The topological polar surface area (TPSA) is 64.7 Å². The van der Waals surface area contributed by atoms with Crippen LogP contribution in [0.25, 0.3) is 11.4 Å². The van der Waals surface area contributed by atoms with E-state index in [-0.39, 0.29) is 0 Å². The lowest BCUT2D eigenvalue weighted by Gasteiger charge is -1.88. The molecule has 0 aromatic carbocycles. The molecule has 0 aliphatic rings. The summed E-state index contributed by atoms with van der Waals surface area (Å²) >= 11 is 4.65. The van der Waals surface area contributed by atoms with Crippen molar-refractivity contribution in [1.82, 2.24) is 20.3 Å². The Bertz CT molecular complexity index is 575. The van der Waals surface area contributed by atoms with Crippen molar-refractivity contribution in [2.45, 2.75) is 10.1 Å². The van der Waals surface area contributed by atoms with E-state index in [1.54, 1.807) is 28.6 Å². The normalized spacial score (nSPS) is 10.8. The molecule has 0 aliphatic heterocycles. The lowest BCUT2D eigenvalue weighted by Crippen LogP contribution is -1.81. The fourth-order valence-corrected chi connectivity index (χ4v) is 3.13. The molecule has 8 heteroatoms. The predicted octanol–water partition coefficient (Wildman–Crippen LogP) is 2.94. The first-order chi connectivity index (χ1) is 8.42. The summed E-state index contributed by atoms with van der Waals surface area (Å²) in [5, 5.41) is 15.6. The van der Waals surface area contributed by atoms with E-state index >= 15 is 0 Å². The van der Waals surface area contributed by atoms with Crippen LogP contribution in [-0.4, -0.2) is 20.3 Å². The molecule has 3 heterocycles. The second-order valence-electron chi connectivity index (χ2n) is 3.02. The monoisotopic (exact) mass is 282 g/mol. The van der Waals surface area contributed by atoms with E-state index in [1.165, 1.54) is 11.3 Å². The molecule has 0 atom stereocenters. The number of hydrogen-bond donors (Lipinski definition) is 0. The van der Waals surface area contributed by atoms with Gasteiger partial charge in [-0.15, -0.1) is 10.2 Å². The smallest absolute Gasteiger partial charge is 0.237 e. The van der Waals surface area contributed by atoms with Gasteiger partial charge in [-0.2, -0.15) is 16.3 Å². The lowest BCUT2D eigenvalue weighted by molar-refractivity contribution is 0.391. The van der Waals surface area contributed by atoms with E-state index in [0.29, 0.717) is 17.5 Å². The maximum absolute atomic E-state index is 5.17. The summed E-state index contributed by atoms with van der Waals surface area (Å²) < 4.78 is 6.07. The molecule has 0 saturated heterocycles. The molecule has 0 amide bonds. The van der Waals surface area contributed by atoms with Crippen LogP contribution in [0.15, 0.2) is 31.2 Å². The Labute approximate surface area is 109 Å². The number of hydrogen-bond acceptors (Lipinski definition) is 8. The van der Waals surface area contributed by atoms with Gasteiger partial charge in [-0.1, -0.05) is 28.3 Å². The van der Waals surface area contributed by atoms with Crippen molar-refractivity contribution in [3.63, 3.8) is 0 Å². The fourth-order valence-electron chi connectivity index (χ4n) is 1.17. The Kier molecular flexibility index (Phi) is 3.16. The third-order valence-electron chi connectivity index (χ3n) is 1.91. The van der Waals surface area contributed by atoms with Gasteiger partial charge >= 0.3 is 0 Å². The second kappa shape index (κ2) is 4.94. The SMILES string of the molecule is c1cc(-c2noc(CSc3nncs3)n2)cs1. The standard InChI is InChI=1S/C9H6N4OS3/c1-2-15-3-6(1)8-11-7(14-13-8)4-16-9-12-10-5-17-9/h1-3,5H,4H2. The molecule has 3 rings (SSSR count). The zero-order chi connectivity index (χ0) is 11.5. The third kappa shape index (κ3) is 2.54. The molecule has 0 unspecified atom stereocenters. The van der Waals surface area contributed by atoms with Gasteiger partial charge in [-0.05, 0) is 11.4 Å². The van der Waals surface area contributed by atoms with Gasteiger partial charge in [0, 0.05) is 10.9 Å². The summed E-state index contributed by atoms with van der Waals surface area (Å²) in [4.78, 5) is 4.32. The van der Waals surface area contributed by atoms with E-state index in [0.717, 1.165) is 9.90 Å². The average Bonchev–Trinajstić information content (AvgIpc) is 3.09. The summed E-state index contributed by atoms with van der Waals surface area (Å²) in [6, 6.07) is 1.97. The molecule has 0 bridgehead atoms. The van der Waals surface area contributed by atoms with E-state index in [4.69, 9.17) is 4.52 Å². The van der Waals surface area contributed by atoms with Gasteiger partial charge in [0.25, 0.3) is 0 Å². The van der Waals surface area contributed by atoms with Gasteiger partial charge in [-0.3, -0.25) is 0 Å². The zero-order valence-corrected chi connectivity index (χ0v) is 10.9. The van der Waals surface area contributed by atoms with Crippen LogP contribution in [0.4, 0.5) is 0 Å². The number of nitrogens with zero attached hydrogens (tertiary/aromatic N) is 4. The molecule has 17 heavy (non-hydrogen) atoms. The van der Waals surface area contributed by atoms with E-state index in [2.05, 4.69) is 20.3 Å². The van der Waals surface area contributed by atoms with Crippen LogP contribution in [0.1, 0.15) is 5.89 Å². The van der Waals surface area contributed by atoms with Gasteiger partial charge in [0.2, 0.25) is 11.7 Å². The predicted molar refractivity (Wildman–Crippen MR) is 67.1 cm³/mol. The van der Waals surface area contributed by atoms with Gasteiger partial charge in [0.1, 0.15) is 5.51 Å². The average molecular weight is 282 g/mol. The van der Waals surface area contributed by atoms with Crippen LogP contribution in [-0.2, 0) is 5.75 Å². The first-order valence-corrected chi connectivity index (χ1v) is 7.47. The van der Waals surface area contributed by atoms with Crippen molar-refractivity contribution in [3.8, 4) is 11.4 Å². The second-order valence-corrected chi connectivity index (χ2v) is 5.85. The van der Waals surface area contributed by atoms with E-state index in [1.807, 2.05) is 16.8 Å². The molecule has 0 fully saturated rings. The van der Waals surface area contributed by atoms with Crippen molar-refractivity contribution in [3.05, 3.63) is 28.2 Å². The van der Waals surface area contributed by atoms with Crippen LogP contribution < -0.4 is 0 Å². The molecule has 3 aromatic heterocycles. The number of aromatic nitrogens is 4. The summed E-state index contributed by atoms with van der Waals surface area (Å²) in [6.07, 6.45) is 0. The molecular formula is C9H6N4OS3. The molecule has 3 aromatic rings. The molecule has 0 aliphatic carbocycles. The summed E-state index contributed by atoms with van der Waals surface area (Å²) in [6.45, 7) is 0. The summed E-state index contributed by atoms with van der Waals surface area (Å²) in [5.41, 5.74) is 2.69. The molecule has 0 radical (unpaired) electrons. The summed E-state index contributed by atoms with van der Waals surface area (Å²) in [7, 11) is 0. The van der Waals surface area contributed by atoms with E-state index in [9.17, 15) is 0 Å². The number of thioether (sulfide) groups is 1. The highest BCUT2D eigenvalue weighted by Gasteiger charge is 2.09. The third-order valence-corrected chi connectivity index (χ3v) is 4.43. The zero-order valence-electron chi connectivity index (χ0n) is 8.44. The van der Waals surface area contributed by atoms with Crippen LogP contribution in [0.2, 0.25) is 0 Å². The minimum atomic E-state index is 0.603. The largest absolute Gasteiger partial charge is 0.338 e. The molecule has 0 N–H and O–H groups in total. The Balaban J connectivity index is 1.69. The Morgan fingerprint density at radius 3 is 3.18 bits per heavy atom. The maximum Gasteiger partial charge on any atom is 0.237 e. The van der Waals surface area contributed by atoms with Gasteiger partial charge in [0.15, 0.2) is 4.34 Å².